The Morgan fingerprint density at radius 2 is 2.07 bits per heavy atom. The summed E-state index contributed by atoms with van der Waals surface area (Å²) in [5.41, 5.74) is 1.11. The van der Waals surface area contributed by atoms with E-state index in [1.807, 2.05) is 16.8 Å². The summed E-state index contributed by atoms with van der Waals surface area (Å²) >= 11 is 6.61. The average molecular weight is 393 g/mol. The molecule has 0 spiro atoms. The smallest absolute Gasteiger partial charge is 0.214 e. The molecule has 8 heteroatoms. The fourth-order valence-electron chi connectivity index (χ4n) is 4.35. The number of rotatable bonds is 6. The summed E-state index contributed by atoms with van der Waals surface area (Å²) in [5, 5.41) is 13.5. The quantitative estimate of drug-likeness (QED) is 0.689. The lowest BCUT2D eigenvalue weighted by Gasteiger charge is -2.34. The minimum Gasteiger partial charge on any atom is -0.376 e. The van der Waals surface area contributed by atoms with Crippen molar-refractivity contribution in [1.29, 1.82) is 0 Å². The van der Waals surface area contributed by atoms with E-state index in [1.165, 1.54) is 24.5 Å². The third-order valence-electron chi connectivity index (χ3n) is 5.94. The number of hydrogen-bond acceptors (Lipinski definition) is 4. The van der Waals surface area contributed by atoms with Gasteiger partial charge in [0.1, 0.15) is 26.2 Å². The normalized spacial score (nSPS) is 27.0. The van der Waals surface area contributed by atoms with Crippen LogP contribution >= 0.6 is 11.6 Å². The Bertz CT molecular complexity index is 739. The fraction of sp³-hybridized carbons (Fsp3) is 0.632. The first-order valence-electron chi connectivity index (χ1n) is 10.1. The zero-order chi connectivity index (χ0) is 18.6. The zero-order valence-electron chi connectivity index (χ0n) is 15.9. The topological polar surface area (TPSA) is 61.7 Å². The van der Waals surface area contributed by atoms with Crippen LogP contribution in [-0.4, -0.2) is 65.6 Å². The second kappa shape index (κ2) is 8.65. The van der Waals surface area contributed by atoms with E-state index in [-0.39, 0.29) is 12.1 Å². The first-order valence-corrected chi connectivity index (χ1v) is 10.4. The molecule has 0 unspecified atom stereocenters. The van der Waals surface area contributed by atoms with Crippen molar-refractivity contribution < 1.29 is 14.5 Å². The minimum absolute atomic E-state index is 0.0495. The number of tetrazole rings is 1. The van der Waals surface area contributed by atoms with Gasteiger partial charge in [-0.15, -0.1) is 5.10 Å². The summed E-state index contributed by atoms with van der Waals surface area (Å²) in [6, 6.07) is 8.16. The summed E-state index contributed by atoms with van der Waals surface area (Å²) in [6.07, 6.45) is 2.39. The van der Waals surface area contributed by atoms with Gasteiger partial charge in [0, 0.05) is 12.2 Å². The zero-order valence-corrected chi connectivity index (χ0v) is 16.7. The van der Waals surface area contributed by atoms with Gasteiger partial charge in [-0.25, -0.2) is 4.68 Å². The van der Waals surface area contributed by atoms with Crippen molar-refractivity contribution in [3.63, 3.8) is 0 Å². The van der Waals surface area contributed by atoms with Crippen LogP contribution in [0.25, 0.3) is 0 Å². The fourth-order valence-corrected chi connectivity index (χ4v) is 4.59. The molecule has 2 saturated heterocycles. The van der Waals surface area contributed by atoms with Crippen LogP contribution < -0.4 is 9.80 Å². The van der Waals surface area contributed by atoms with Crippen LogP contribution in [0.4, 0.5) is 0 Å². The summed E-state index contributed by atoms with van der Waals surface area (Å²) in [5.74, 6) is 0.897. The first-order chi connectivity index (χ1) is 13.3. The van der Waals surface area contributed by atoms with Crippen LogP contribution in [0.1, 0.15) is 37.2 Å². The molecule has 1 aromatic carbocycles. The number of nitrogens with one attached hydrogen (secondary N) is 2. The van der Waals surface area contributed by atoms with E-state index >= 15 is 0 Å². The highest BCUT2D eigenvalue weighted by atomic mass is 35.5. The maximum absolute atomic E-state index is 6.61. The molecule has 2 aromatic rings. The highest BCUT2D eigenvalue weighted by molar-refractivity contribution is 6.31. The molecule has 27 heavy (non-hydrogen) atoms. The summed E-state index contributed by atoms with van der Waals surface area (Å²) < 4.78 is 7.75. The molecule has 0 saturated carbocycles. The van der Waals surface area contributed by atoms with E-state index in [0.29, 0.717) is 6.54 Å². The van der Waals surface area contributed by atoms with Gasteiger partial charge in [0.15, 0.2) is 6.04 Å². The molecule has 2 aliphatic heterocycles. The van der Waals surface area contributed by atoms with E-state index in [0.717, 1.165) is 48.9 Å². The molecule has 2 atom stereocenters. The molecule has 2 aliphatic rings. The second-order valence-electron chi connectivity index (χ2n) is 7.57. The standard InChI is InChI=1S/C19H27ClN6O/c1-2-24-9-11-25(12-10-24)18(16-7-3-4-8-17(16)20)19-21-22-23-26(19)14-15-6-5-13-27-15/h3-4,7-8,15,18H,2,5-6,9-14H2,1H3/p+2/t15-,18-/m1/s1. The number of nitrogens with zero attached hydrogens (tertiary/aromatic N) is 4. The van der Waals surface area contributed by atoms with Crippen LogP contribution in [0.15, 0.2) is 24.3 Å². The molecule has 0 radical (unpaired) electrons. The van der Waals surface area contributed by atoms with E-state index < -0.39 is 0 Å². The number of quaternary nitrogens is 2. The molecule has 0 aliphatic carbocycles. The summed E-state index contributed by atoms with van der Waals surface area (Å²) in [4.78, 5) is 3.15. The molecular weight excluding hydrogens is 364 g/mol. The van der Waals surface area contributed by atoms with Gasteiger partial charge in [-0.1, -0.05) is 29.8 Å². The van der Waals surface area contributed by atoms with Crippen LogP contribution in [0, 0.1) is 0 Å². The molecular formula is C19H29ClN6O+2. The maximum Gasteiger partial charge on any atom is 0.214 e. The van der Waals surface area contributed by atoms with Gasteiger partial charge in [0.25, 0.3) is 0 Å². The molecule has 2 fully saturated rings. The van der Waals surface area contributed by atoms with Crippen LogP contribution in [0.2, 0.25) is 5.02 Å². The minimum atomic E-state index is 0.0495. The monoisotopic (exact) mass is 392 g/mol. The van der Waals surface area contributed by atoms with Crippen molar-refractivity contribution in [2.45, 2.75) is 38.5 Å². The number of halogens is 1. The van der Waals surface area contributed by atoms with Crippen molar-refractivity contribution in [2.75, 3.05) is 39.3 Å². The molecule has 4 rings (SSSR count). The Kier molecular flexibility index (Phi) is 6.02. The largest absolute Gasteiger partial charge is 0.376 e. The highest BCUT2D eigenvalue weighted by Crippen LogP contribution is 2.25. The maximum atomic E-state index is 6.61. The number of benzene rings is 1. The van der Waals surface area contributed by atoms with Gasteiger partial charge >= 0.3 is 0 Å². The van der Waals surface area contributed by atoms with Crippen LogP contribution in [-0.2, 0) is 11.3 Å². The molecule has 1 aromatic heterocycles. The predicted molar refractivity (Wildman–Crippen MR) is 102 cm³/mol. The second-order valence-corrected chi connectivity index (χ2v) is 7.98. The van der Waals surface area contributed by atoms with Gasteiger partial charge in [-0.05, 0) is 36.3 Å². The lowest BCUT2D eigenvalue weighted by Crippen LogP contribution is -3.28. The molecule has 7 nitrogen and oxygen atoms in total. The average Bonchev–Trinajstić information content (AvgIpc) is 3.37. The molecule has 0 bridgehead atoms. The molecule has 146 valence electrons. The molecule has 2 N–H and O–H groups in total. The number of ether oxygens (including phenoxy) is 1. The van der Waals surface area contributed by atoms with Gasteiger partial charge in [0.2, 0.25) is 5.82 Å². The van der Waals surface area contributed by atoms with Crippen LogP contribution in [0.5, 0.6) is 0 Å². The Morgan fingerprint density at radius 1 is 1.26 bits per heavy atom. The lowest BCUT2D eigenvalue weighted by atomic mass is 10.0. The third-order valence-corrected chi connectivity index (χ3v) is 6.29. The van der Waals surface area contributed by atoms with Crippen molar-refractivity contribution >= 4 is 11.6 Å². The third kappa shape index (κ3) is 4.16. The van der Waals surface area contributed by atoms with E-state index in [9.17, 15) is 0 Å². The number of aromatic nitrogens is 4. The van der Waals surface area contributed by atoms with Gasteiger partial charge < -0.3 is 14.5 Å². The lowest BCUT2D eigenvalue weighted by molar-refractivity contribution is -1.02. The van der Waals surface area contributed by atoms with Gasteiger partial charge in [-0.3, -0.25) is 0 Å². The van der Waals surface area contributed by atoms with Crippen molar-refractivity contribution in [1.82, 2.24) is 20.2 Å². The molecule has 0 amide bonds. The van der Waals surface area contributed by atoms with Crippen LogP contribution in [0.3, 0.4) is 0 Å². The number of piperazine rings is 1. The number of likely N-dealkylation sites (N-methyl/N-ethyl adjacent to an activating group) is 1. The Balaban J connectivity index is 1.64. The molecule has 3 heterocycles. The number of hydrogen-bond donors (Lipinski definition) is 2. The first kappa shape index (κ1) is 18.8. The summed E-state index contributed by atoms with van der Waals surface area (Å²) in [7, 11) is 0. The van der Waals surface area contributed by atoms with Crippen molar-refractivity contribution in [2.24, 2.45) is 0 Å². The van der Waals surface area contributed by atoms with Gasteiger partial charge in [-0.2, -0.15) is 0 Å². The van der Waals surface area contributed by atoms with E-state index in [1.54, 1.807) is 4.90 Å². The Hall–Kier alpha value is -1.54. The van der Waals surface area contributed by atoms with E-state index in [4.69, 9.17) is 16.3 Å². The summed E-state index contributed by atoms with van der Waals surface area (Å²) in [6.45, 7) is 9.50. The Morgan fingerprint density at radius 3 is 2.78 bits per heavy atom. The van der Waals surface area contributed by atoms with Gasteiger partial charge in [0.05, 0.1) is 24.2 Å². The Labute approximate surface area is 165 Å². The highest BCUT2D eigenvalue weighted by Gasteiger charge is 2.36. The SMILES string of the molecule is CC[NH+]1CC[NH+]([C@H](c2ccccc2Cl)c2nnnn2C[C@H]2CCCO2)CC1. The predicted octanol–water partition coefficient (Wildman–Crippen LogP) is -0.602. The van der Waals surface area contributed by atoms with Crippen molar-refractivity contribution in [3.05, 3.63) is 40.7 Å². The van der Waals surface area contributed by atoms with E-state index in [2.05, 4.69) is 34.6 Å². The van der Waals surface area contributed by atoms with Crippen molar-refractivity contribution in [3.8, 4) is 0 Å².